The Kier molecular flexibility index (Phi) is 4.68. The van der Waals surface area contributed by atoms with Crippen LogP contribution in [0, 0.1) is 11.3 Å². The SMILES string of the molecule is CC(C)C1(C(=O)O)CCN(C(=O)c2occc2CN2C(=O)Cc3ccccc32)C1. The number of carboxylic acid groups (broad SMARTS) is 1. The van der Waals surface area contributed by atoms with Gasteiger partial charge in [-0.25, -0.2) is 0 Å². The van der Waals surface area contributed by atoms with Crippen LogP contribution in [0.3, 0.4) is 0 Å². The van der Waals surface area contributed by atoms with Crippen molar-refractivity contribution >= 4 is 23.5 Å². The first-order valence-corrected chi connectivity index (χ1v) is 9.81. The molecule has 1 aromatic heterocycles. The first-order valence-electron chi connectivity index (χ1n) is 9.81. The summed E-state index contributed by atoms with van der Waals surface area (Å²) >= 11 is 0. The molecule has 3 heterocycles. The van der Waals surface area contributed by atoms with Gasteiger partial charge in [-0.1, -0.05) is 32.0 Å². The molecule has 29 heavy (non-hydrogen) atoms. The highest BCUT2D eigenvalue weighted by molar-refractivity contribution is 6.02. The third-order valence-corrected chi connectivity index (χ3v) is 6.31. The van der Waals surface area contributed by atoms with E-state index in [4.69, 9.17) is 4.42 Å². The lowest BCUT2D eigenvalue weighted by Crippen LogP contribution is -2.40. The number of anilines is 1. The molecule has 4 rings (SSSR count). The third-order valence-electron chi connectivity index (χ3n) is 6.31. The molecule has 1 atom stereocenters. The molecule has 0 aliphatic carbocycles. The van der Waals surface area contributed by atoms with Crippen LogP contribution in [0.5, 0.6) is 0 Å². The molecule has 1 N–H and O–H groups in total. The topological polar surface area (TPSA) is 91.1 Å². The summed E-state index contributed by atoms with van der Waals surface area (Å²) < 4.78 is 5.48. The summed E-state index contributed by atoms with van der Waals surface area (Å²) in [4.78, 5) is 40.6. The van der Waals surface area contributed by atoms with Crippen LogP contribution in [0.4, 0.5) is 5.69 Å². The van der Waals surface area contributed by atoms with E-state index in [0.29, 0.717) is 24.9 Å². The van der Waals surface area contributed by atoms with Gasteiger partial charge in [-0.3, -0.25) is 14.4 Å². The summed E-state index contributed by atoms with van der Waals surface area (Å²) in [6, 6.07) is 9.31. The molecule has 2 aliphatic heterocycles. The lowest BCUT2D eigenvalue weighted by atomic mass is 9.76. The number of amides is 2. The van der Waals surface area contributed by atoms with Crippen molar-refractivity contribution in [1.82, 2.24) is 4.90 Å². The van der Waals surface area contributed by atoms with E-state index in [9.17, 15) is 19.5 Å². The number of para-hydroxylation sites is 1. The molecule has 0 bridgehead atoms. The number of fused-ring (bicyclic) bond motifs is 1. The number of furan rings is 1. The number of rotatable bonds is 5. The van der Waals surface area contributed by atoms with Gasteiger partial charge in [0.15, 0.2) is 5.76 Å². The van der Waals surface area contributed by atoms with Gasteiger partial charge in [-0.2, -0.15) is 0 Å². The molecule has 152 valence electrons. The van der Waals surface area contributed by atoms with Crippen molar-refractivity contribution in [1.29, 1.82) is 0 Å². The number of hydrogen-bond donors (Lipinski definition) is 1. The van der Waals surface area contributed by atoms with Crippen LogP contribution in [0.1, 0.15) is 41.9 Å². The second-order valence-corrected chi connectivity index (χ2v) is 8.15. The van der Waals surface area contributed by atoms with Crippen molar-refractivity contribution < 1.29 is 23.9 Å². The van der Waals surface area contributed by atoms with Gasteiger partial charge in [0.1, 0.15) is 0 Å². The summed E-state index contributed by atoms with van der Waals surface area (Å²) in [5.74, 6) is -1.13. The van der Waals surface area contributed by atoms with Crippen molar-refractivity contribution in [3.05, 3.63) is 53.5 Å². The molecule has 1 aromatic carbocycles. The molecule has 2 aliphatic rings. The predicted molar refractivity (Wildman–Crippen MR) is 105 cm³/mol. The van der Waals surface area contributed by atoms with E-state index in [-0.39, 0.29) is 36.6 Å². The van der Waals surface area contributed by atoms with Crippen LogP contribution in [0.15, 0.2) is 41.0 Å². The lowest BCUT2D eigenvalue weighted by Gasteiger charge is -2.28. The molecule has 1 fully saturated rings. The van der Waals surface area contributed by atoms with E-state index in [0.717, 1.165) is 11.3 Å². The molecule has 2 amide bonds. The molecule has 1 unspecified atom stereocenters. The highest BCUT2D eigenvalue weighted by atomic mass is 16.4. The minimum atomic E-state index is -0.938. The molecule has 0 saturated carbocycles. The second kappa shape index (κ2) is 7.06. The molecule has 7 nitrogen and oxygen atoms in total. The number of carbonyl (C=O) groups excluding carboxylic acids is 2. The maximum atomic E-state index is 13.1. The van der Waals surface area contributed by atoms with E-state index in [1.807, 2.05) is 38.1 Å². The Morgan fingerprint density at radius 3 is 2.69 bits per heavy atom. The molecule has 1 saturated heterocycles. The Morgan fingerprint density at radius 1 is 1.24 bits per heavy atom. The van der Waals surface area contributed by atoms with Crippen molar-refractivity contribution in [2.75, 3.05) is 18.0 Å². The number of hydrogen-bond acceptors (Lipinski definition) is 4. The fourth-order valence-corrected chi connectivity index (χ4v) is 4.35. The highest BCUT2D eigenvalue weighted by Crippen LogP contribution is 2.39. The first kappa shape index (κ1) is 19.2. The van der Waals surface area contributed by atoms with E-state index in [1.54, 1.807) is 15.9 Å². The van der Waals surface area contributed by atoms with Gasteiger partial charge >= 0.3 is 5.97 Å². The number of likely N-dealkylation sites (tertiary alicyclic amines) is 1. The maximum Gasteiger partial charge on any atom is 0.311 e. The number of carbonyl (C=O) groups is 3. The summed E-state index contributed by atoms with van der Waals surface area (Å²) in [7, 11) is 0. The zero-order chi connectivity index (χ0) is 20.8. The summed E-state index contributed by atoms with van der Waals surface area (Å²) in [5.41, 5.74) is 1.50. The average molecular weight is 396 g/mol. The number of aliphatic carboxylic acids is 1. The Hall–Kier alpha value is -3.09. The number of benzene rings is 1. The summed E-state index contributed by atoms with van der Waals surface area (Å²) in [6.07, 6.45) is 2.21. The van der Waals surface area contributed by atoms with Crippen molar-refractivity contribution in [3.63, 3.8) is 0 Å². The van der Waals surface area contributed by atoms with Crippen molar-refractivity contribution in [2.45, 2.75) is 33.2 Å². The zero-order valence-corrected chi connectivity index (χ0v) is 16.6. The fourth-order valence-electron chi connectivity index (χ4n) is 4.35. The Morgan fingerprint density at radius 2 is 2.00 bits per heavy atom. The normalized spacial score (nSPS) is 21.1. The van der Waals surface area contributed by atoms with Crippen LogP contribution >= 0.6 is 0 Å². The first-order chi connectivity index (χ1) is 13.8. The Balaban J connectivity index is 1.55. The van der Waals surface area contributed by atoms with E-state index in [2.05, 4.69) is 0 Å². The monoisotopic (exact) mass is 396 g/mol. The van der Waals surface area contributed by atoms with Crippen molar-refractivity contribution in [2.24, 2.45) is 11.3 Å². The third kappa shape index (κ3) is 3.10. The maximum absolute atomic E-state index is 13.1. The van der Waals surface area contributed by atoms with Gasteiger partial charge in [0.2, 0.25) is 5.91 Å². The molecule has 2 aromatic rings. The molecule has 0 radical (unpaired) electrons. The van der Waals surface area contributed by atoms with Crippen LogP contribution in [0.25, 0.3) is 0 Å². The minimum Gasteiger partial charge on any atom is -0.481 e. The number of carboxylic acids is 1. The second-order valence-electron chi connectivity index (χ2n) is 8.15. The van der Waals surface area contributed by atoms with Gasteiger partial charge in [-0.05, 0) is 30.0 Å². The van der Waals surface area contributed by atoms with Crippen molar-refractivity contribution in [3.8, 4) is 0 Å². The van der Waals surface area contributed by atoms with Gasteiger partial charge in [0.05, 0.1) is 24.6 Å². The van der Waals surface area contributed by atoms with Crippen LogP contribution in [-0.4, -0.2) is 40.9 Å². The molecule has 7 heteroatoms. The van der Waals surface area contributed by atoms with Crippen LogP contribution in [-0.2, 0) is 22.6 Å². The zero-order valence-electron chi connectivity index (χ0n) is 16.6. The fraction of sp³-hybridized carbons (Fsp3) is 0.409. The Bertz CT molecular complexity index is 979. The van der Waals surface area contributed by atoms with E-state index < -0.39 is 11.4 Å². The standard InChI is InChI=1S/C22H24N2O5/c1-14(2)22(21(27)28)8-9-23(13-22)20(26)19-16(7-10-29-19)12-24-17-6-4-3-5-15(17)11-18(24)25/h3-7,10,14H,8-9,11-13H2,1-2H3,(H,27,28). The largest absolute Gasteiger partial charge is 0.481 e. The highest BCUT2D eigenvalue weighted by Gasteiger charge is 2.49. The number of nitrogens with zero attached hydrogens (tertiary/aromatic N) is 2. The minimum absolute atomic E-state index is 0.0170. The Labute approximate surface area is 168 Å². The van der Waals surface area contributed by atoms with Gasteiger partial charge in [0, 0.05) is 24.3 Å². The van der Waals surface area contributed by atoms with Crippen LogP contribution in [0.2, 0.25) is 0 Å². The molecular formula is C22H24N2O5. The quantitative estimate of drug-likeness (QED) is 0.839. The van der Waals surface area contributed by atoms with E-state index in [1.165, 1.54) is 6.26 Å². The van der Waals surface area contributed by atoms with E-state index >= 15 is 0 Å². The average Bonchev–Trinajstić information content (AvgIpc) is 3.40. The molecule has 0 spiro atoms. The predicted octanol–water partition coefficient (Wildman–Crippen LogP) is 2.94. The van der Waals surface area contributed by atoms with Gasteiger partial charge < -0.3 is 19.3 Å². The smallest absolute Gasteiger partial charge is 0.311 e. The van der Waals surface area contributed by atoms with Gasteiger partial charge in [-0.15, -0.1) is 0 Å². The molecular weight excluding hydrogens is 372 g/mol. The van der Waals surface area contributed by atoms with Crippen LogP contribution < -0.4 is 4.90 Å². The summed E-state index contributed by atoms with van der Waals surface area (Å²) in [6.45, 7) is 4.52. The summed E-state index contributed by atoms with van der Waals surface area (Å²) in [5, 5.41) is 9.73. The lowest BCUT2D eigenvalue weighted by molar-refractivity contribution is -0.150. The van der Waals surface area contributed by atoms with Gasteiger partial charge in [0.25, 0.3) is 5.91 Å².